The Morgan fingerprint density at radius 3 is 3.11 bits per heavy atom. The van der Waals surface area contributed by atoms with Crippen LogP contribution in [0.2, 0.25) is 0 Å². The van der Waals surface area contributed by atoms with Crippen LogP contribution in [-0.4, -0.2) is 60.5 Å². The van der Waals surface area contributed by atoms with Crippen molar-refractivity contribution in [3.8, 4) is 0 Å². The lowest BCUT2D eigenvalue weighted by molar-refractivity contribution is 0.0630. The van der Waals surface area contributed by atoms with E-state index >= 15 is 0 Å². The van der Waals surface area contributed by atoms with Crippen LogP contribution in [0.3, 0.4) is 0 Å². The molecule has 0 aromatic carbocycles. The number of hydrogen-bond acceptors (Lipinski definition) is 5. The van der Waals surface area contributed by atoms with Crippen molar-refractivity contribution in [2.24, 2.45) is 5.73 Å². The van der Waals surface area contributed by atoms with Gasteiger partial charge in [0.2, 0.25) is 0 Å². The molecule has 1 aliphatic heterocycles. The molecular formula is C13H22N4OS. The summed E-state index contributed by atoms with van der Waals surface area (Å²) in [6.07, 6.45) is 2.97. The minimum absolute atomic E-state index is 0.0612. The first-order chi connectivity index (χ1) is 9.11. The summed E-state index contributed by atoms with van der Waals surface area (Å²) in [5, 5.41) is 2.80. The molecule has 5 nitrogen and oxygen atoms in total. The molecule has 0 saturated carbocycles. The van der Waals surface area contributed by atoms with E-state index < -0.39 is 0 Å². The predicted octanol–water partition coefficient (Wildman–Crippen LogP) is 0.810. The van der Waals surface area contributed by atoms with E-state index in [0.717, 1.165) is 37.4 Å². The second-order valence-electron chi connectivity index (χ2n) is 5.18. The molecule has 1 atom stereocenters. The molecule has 0 bridgehead atoms. The monoisotopic (exact) mass is 282 g/mol. The molecule has 1 saturated heterocycles. The van der Waals surface area contributed by atoms with Crippen molar-refractivity contribution < 1.29 is 4.79 Å². The number of thiazole rings is 1. The van der Waals surface area contributed by atoms with Crippen LogP contribution >= 0.6 is 11.3 Å². The van der Waals surface area contributed by atoms with Gasteiger partial charge in [-0.25, -0.2) is 4.98 Å². The van der Waals surface area contributed by atoms with Gasteiger partial charge in [-0.2, -0.15) is 0 Å². The number of rotatable bonds is 4. The number of piperidine rings is 1. The molecule has 19 heavy (non-hydrogen) atoms. The zero-order valence-electron chi connectivity index (χ0n) is 11.6. The van der Waals surface area contributed by atoms with Crippen LogP contribution in [0.5, 0.6) is 0 Å². The number of carbonyl (C=O) groups excluding carboxylic acids is 1. The van der Waals surface area contributed by atoms with Crippen molar-refractivity contribution in [3.05, 3.63) is 16.1 Å². The molecule has 0 radical (unpaired) electrons. The van der Waals surface area contributed by atoms with Crippen LogP contribution in [0.15, 0.2) is 5.38 Å². The van der Waals surface area contributed by atoms with Crippen LogP contribution in [-0.2, 0) is 6.42 Å². The van der Waals surface area contributed by atoms with Crippen LogP contribution in [0.4, 0.5) is 0 Å². The van der Waals surface area contributed by atoms with Gasteiger partial charge in [0.05, 0.1) is 5.01 Å². The number of likely N-dealkylation sites (tertiary alicyclic amines) is 1. The fourth-order valence-corrected chi connectivity index (χ4v) is 3.16. The van der Waals surface area contributed by atoms with Crippen LogP contribution in [0.25, 0.3) is 0 Å². The summed E-state index contributed by atoms with van der Waals surface area (Å²) in [6.45, 7) is 2.22. The Morgan fingerprint density at radius 2 is 2.42 bits per heavy atom. The molecule has 2 heterocycles. The van der Waals surface area contributed by atoms with Crippen molar-refractivity contribution in [1.29, 1.82) is 0 Å². The summed E-state index contributed by atoms with van der Waals surface area (Å²) in [4.78, 5) is 20.9. The van der Waals surface area contributed by atoms with E-state index in [-0.39, 0.29) is 5.91 Å². The number of amides is 1. The highest BCUT2D eigenvalue weighted by Crippen LogP contribution is 2.18. The average molecular weight is 282 g/mol. The summed E-state index contributed by atoms with van der Waals surface area (Å²) in [5.74, 6) is 0.0612. The first kappa shape index (κ1) is 14.4. The second kappa shape index (κ2) is 6.45. The molecule has 0 spiro atoms. The van der Waals surface area contributed by atoms with Crippen LogP contribution < -0.4 is 5.73 Å². The maximum absolute atomic E-state index is 12.4. The molecule has 6 heteroatoms. The smallest absolute Gasteiger partial charge is 0.273 e. The number of nitrogens with zero attached hydrogens (tertiary/aromatic N) is 3. The van der Waals surface area contributed by atoms with Gasteiger partial charge in [0.25, 0.3) is 5.91 Å². The number of likely N-dealkylation sites (N-methyl/N-ethyl adjacent to an activating group) is 1. The quantitative estimate of drug-likeness (QED) is 0.888. The van der Waals surface area contributed by atoms with Gasteiger partial charge in [0, 0.05) is 30.9 Å². The minimum atomic E-state index is 0.0612. The fraction of sp³-hybridized carbons (Fsp3) is 0.692. The lowest BCUT2D eigenvalue weighted by Crippen LogP contribution is -2.47. The van der Waals surface area contributed by atoms with Crippen molar-refractivity contribution in [1.82, 2.24) is 14.8 Å². The van der Waals surface area contributed by atoms with Gasteiger partial charge in [-0.1, -0.05) is 0 Å². The summed E-state index contributed by atoms with van der Waals surface area (Å²) in [6, 6.07) is 0.458. The standard InChI is InChI=1S/C13H22N4OS/c1-16(2)10-4-3-7-17(8-10)13(18)11-9-19-12(15-11)5-6-14/h9-10H,3-8,14H2,1-2H3. The van der Waals surface area contributed by atoms with E-state index in [1.54, 1.807) is 0 Å². The van der Waals surface area contributed by atoms with Gasteiger partial charge >= 0.3 is 0 Å². The Kier molecular flexibility index (Phi) is 4.90. The lowest BCUT2D eigenvalue weighted by Gasteiger charge is -2.35. The van der Waals surface area contributed by atoms with Gasteiger partial charge in [0.15, 0.2) is 0 Å². The van der Waals surface area contributed by atoms with E-state index in [4.69, 9.17) is 5.73 Å². The molecule has 1 aromatic heterocycles. The second-order valence-corrected chi connectivity index (χ2v) is 6.12. The third-order valence-corrected chi connectivity index (χ3v) is 4.45. The zero-order chi connectivity index (χ0) is 13.8. The minimum Gasteiger partial charge on any atom is -0.336 e. The average Bonchev–Trinajstić information content (AvgIpc) is 2.87. The van der Waals surface area contributed by atoms with Gasteiger partial charge in [-0.05, 0) is 33.5 Å². The predicted molar refractivity (Wildman–Crippen MR) is 77.5 cm³/mol. The SMILES string of the molecule is CN(C)C1CCCN(C(=O)c2csc(CCN)n2)C1. The highest BCUT2D eigenvalue weighted by atomic mass is 32.1. The van der Waals surface area contributed by atoms with Gasteiger partial charge in [0.1, 0.15) is 5.69 Å². The highest BCUT2D eigenvalue weighted by Gasteiger charge is 2.26. The first-order valence-corrected chi connectivity index (χ1v) is 7.60. The lowest BCUT2D eigenvalue weighted by atomic mass is 10.0. The Labute approximate surface area is 118 Å². The molecule has 1 fully saturated rings. The van der Waals surface area contributed by atoms with Gasteiger partial charge in [-0.15, -0.1) is 11.3 Å². The van der Waals surface area contributed by atoms with Gasteiger partial charge < -0.3 is 15.5 Å². The molecule has 2 N–H and O–H groups in total. The van der Waals surface area contributed by atoms with Crippen molar-refractivity contribution in [2.75, 3.05) is 33.7 Å². The van der Waals surface area contributed by atoms with E-state index in [1.807, 2.05) is 10.3 Å². The highest BCUT2D eigenvalue weighted by molar-refractivity contribution is 7.09. The third-order valence-electron chi connectivity index (χ3n) is 3.54. The van der Waals surface area contributed by atoms with E-state index in [9.17, 15) is 4.79 Å². The number of nitrogens with two attached hydrogens (primary N) is 1. The molecule has 1 unspecified atom stereocenters. The van der Waals surface area contributed by atoms with Crippen molar-refractivity contribution in [2.45, 2.75) is 25.3 Å². The topological polar surface area (TPSA) is 62.5 Å². The van der Waals surface area contributed by atoms with E-state index in [0.29, 0.717) is 18.3 Å². The Hall–Kier alpha value is -0.980. The maximum atomic E-state index is 12.4. The van der Waals surface area contributed by atoms with Gasteiger partial charge in [-0.3, -0.25) is 4.79 Å². The summed E-state index contributed by atoms with van der Waals surface area (Å²) in [5.41, 5.74) is 6.08. The Morgan fingerprint density at radius 1 is 1.63 bits per heavy atom. The van der Waals surface area contributed by atoms with Crippen LogP contribution in [0.1, 0.15) is 28.3 Å². The third kappa shape index (κ3) is 3.52. The van der Waals surface area contributed by atoms with E-state index in [1.165, 1.54) is 11.3 Å². The molecule has 106 valence electrons. The molecular weight excluding hydrogens is 260 g/mol. The van der Waals surface area contributed by atoms with Crippen molar-refractivity contribution >= 4 is 17.2 Å². The summed E-state index contributed by atoms with van der Waals surface area (Å²) >= 11 is 1.52. The molecule has 1 amide bonds. The molecule has 0 aliphatic carbocycles. The molecule has 2 rings (SSSR count). The molecule has 1 aliphatic rings. The first-order valence-electron chi connectivity index (χ1n) is 6.72. The van der Waals surface area contributed by atoms with E-state index in [2.05, 4.69) is 24.0 Å². The fourth-order valence-electron chi connectivity index (χ4n) is 2.37. The van der Waals surface area contributed by atoms with Crippen LogP contribution in [0, 0.1) is 0 Å². The number of aromatic nitrogens is 1. The number of hydrogen-bond donors (Lipinski definition) is 1. The molecule has 1 aromatic rings. The zero-order valence-corrected chi connectivity index (χ0v) is 12.4. The maximum Gasteiger partial charge on any atom is 0.273 e. The summed E-state index contributed by atoms with van der Waals surface area (Å²) in [7, 11) is 4.14. The van der Waals surface area contributed by atoms with Crippen molar-refractivity contribution in [3.63, 3.8) is 0 Å². The Balaban J connectivity index is 2.01. The largest absolute Gasteiger partial charge is 0.336 e. The normalized spacial score (nSPS) is 20.0. The summed E-state index contributed by atoms with van der Waals surface area (Å²) < 4.78 is 0. The Bertz CT molecular complexity index is 432. The number of carbonyl (C=O) groups is 1.